The molecule has 1 aromatic carbocycles. The summed E-state index contributed by atoms with van der Waals surface area (Å²) in [6.45, 7) is 2.25. The monoisotopic (exact) mass is 254 g/mol. The van der Waals surface area contributed by atoms with E-state index in [1.807, 2.05) is 13.0 Å². The third-order valence-electron chi connectivity index (χ3n) is 2.75. The van der Waals surface area contributed by atoms with E-state index in [4.69, 9.17) is 20.3 Å². The van der Waals surface area contributed by atoms with Gasteiger partial charge in [0.15, 0.2) is 11.5 Å². The SMILES string of the molecule is COc1cc(N)c(NC(C)CCCO)cc1OC. The molecule has 18 heavy (non-hydrogen) atoms. The number of methoxy groups -OCH3 is 2. The summed E-state index contributed by atoms with van der Waals surface area (Å²) < 4.78 is 10.4. The van der Waals surface area contributed by atoms with Gasteiger partial charge in [0.05, 0.1) is 25.6 Å². The van der Waals surface area contributed by atoms with Gasteiger partial charge in [0, 0.05) is 24.8 Å². The molecule has 0 aliphatic heterocycles. The number of aliphatic hydroxyl groups is 1. The van der Waals surface area contributed by atoms with Crippen molar-refractivity contribution in [2.45, 2.75) is 25.8 Å². The number of benzene rings is 1. The van der Waals surface area contributed by atoms with Crippen LogP contribution in [0.25, 0.3) is 0 Å². The van der Waals surface area contributed by atoms with Crippen molar-refractivity contribution in [1.82, 2.24) is 0 Å². The molecular formula is C13H22N2O3. The summed E-state index contributed by atoms with van der Waals surface area (Å²) in [6.07, 6.45) is 1.64. The zero-order valence-electron chi connectivity index (χ0n) is 11.2. The first-order valence-electron chi connectivity index (χ1n) is 6.01. The molecule has 4 N–H and O–H groups in total. The van der Waals surface area contributed by atoms with Crippen LogP contribution in [0.15, 0.2) is 12.1 Å². The second-order valence-electron chi connectivity index (χ2n) is 4.21. The Hall–Kier alpha value is -1.62. The molecule has 0 saturated heterocycles. The van der Waals surface area contributed by atoms with Crippen LogP contribution in [0.4, 0.5) is 11.4 Å². The summed E-state index contributed by atoms with van der Waals surface area (Å²) in [5, 5.41) is 12.1. The maximum atomic E-state index is 8.80. The van der Waals surface area contributed by atoms with Crippen molar-refractivity contribution in [3.63, 3.8) is 0 Å². The van der Waals surface area contributed by atoms with Crippen LogP contribution in [-0.4, -0.2) is 32.0 Å². The molecule has 0 amide bonds. The number of nitrogens with two attached hydrogens (primary N) is 1. The second kappa shape index (κ2) is 6.96. The molecule has 5 nitrogen and oxygen atoms in total. The van der Waals surface area contributed by atoms with Crippen LogP contribution in [0.2, 0.25) is 0 Å². The van der Waals surface area contributed by atoms with Crippen LogP contribution in [0.3, 0.4) is 0 Å². The van der Waals surface area contributed by atoms with Gasteiger partial charge in [0.25, 0.3) is 0 Å². The Labute approximate surface area is 108 Å². The van der Waals surface area contributed by atoms with E-state index >= 15 is 0 Å². The van der Waals surface area contributed by atoms with Crippen LogP contribution < -0.4 is 20.5 Å². The molecular weight excluding hydrogens is 232 g/mol. The number of hydrogen-bond donors (Lipinski definition) is 3. The van der Waals surface area contributed by atoms with E-state index in [-0.39, 0.29) is 12.6 Å². The topological polar surface area (TPSA) is 76.7 Å². The summed E-state index contributed by atoms with van der Waals surface area (Å²) in [5.74, 6) is 1.26. The van der Waals surface area contributed by atoms with Gasteiger partial charge in [-0.2, -0.15) is 0 Å². The molecule has 0 fully saturated rings. The number of nitrogens with one attached hydrogen (secondary N) is 1. The van der Waals surface area contributed by atoms with Gasteiger partial charge in [-0.15, -0.1) is 0 Å². The number of nitrogen functional groups attached to an aromatic ring is 1. The molecule has 0 spiro atoms. The van der Waals surface area contributed by atoms with E-state index in [0.717, 1.165) is 18.5 Å². The fourth-order valence-corrected chi connectivity index (χ4v) is 1.75. The molecule has 1 rings (SSSR count). The number of ether oxygens (including phenoxy) is 2. The summed E-state index contributed by atoms with van der Waals surface area (Å²) in [6, 6.07) is 3.79. The Morgan fingerprint density at radius 3 is 2.44 bits per heavy atom. The standard InChI is InChI=1S/C13H22N2O3/c1-9(5-4-6-16)15-11-8-13(18-3)12(17-2)7-10(11)14/h7-9,15-16H,4-6,14H2,1-3H3. The molecule has 102 valence electrons. The lowest BCUT2D eigenvalue weighted by molar-refractivity contribution is 0.282. The Morgan fingerprint density at radius 2 is 1.89 bits per heavy atom. The number of hydrogen-bond acceptors (Lipinski definition) is 5. The average Bonchev–Trinajstić information content (AvgIpc) is 2.38. The molecule has 1 unspecified atom stereocenters. The maximum absolute atomic E-state index is 8.80. The third kappa shape index (κ3) is 3.70. The lowest BCUT2D eigenvalue weighted by Gasteiger charge is -2.18. The largest absolute Gasteiger partial charge is 0.493 e. The average molecular weight is 254 g/mol. The first-order chi connectivity index (χ1) is 8.62. The van der Waals surface area contributed by atoms with Crippen LogP contribution in [-0.2, 0) is 0 Å². The number of rotatable bonds is 7. The molecule has 1 aromatic rings. The number of anilines is 2. The Bertz CT molecular complexity index is 383. The van der Waals surface area contributed by atoms with E-state index < -0.39 is 0 Å². The lowest BCUT2D eigenvalue weighted by atomic mass is 10.1. The van der Waals surface area contributed by atoms with Crippen molar-refractivity contribution in [1.29, 1.82) is 0 Å². The highest BCUT2D eigenvalue weighted by atomic mass is 16.5. The highest BCUT2D eigenvalue weighted by Crippen LogP contribution is 2.35. The summed E-state index contributed by atoms with van der Waals surface area (Å²) in [4.78, 5) is 0. The Morgan fingerprint density at radius 1 is 1.28 bits per heavy atom. The fraction of sp³-hybridized carbons (Fsp3) is 0.538. The smallest absolute Gasteiger partial charge is 0.162 e. The molecule has 0 bridgehead atoms. The van der Waals surface area contributed by atoms with Crippen molar-refractivity contribution in [3.05, 3.63) is 12.1 Å². The third-order valence-corrected chi connectivity index (χ3v) is 2.75. The van der Waals surface area contributed by atoms with Gasteiger partial charge in [-0.05, 0) is 19.8 Å². The molecule has 0 aromatic heterocycles. The molecule has 0 heterocycles. The van der Waals surface area contributed by atoms with Crippen LogP contribution in [0.1, 0.15) is 19.8 Å². The fourth-order valence-electron chi connectivity index (χ4n) is 1.75. The van der Waals surface area contributed by atoms with Gasteiger partial charge in [0.2, 0.25) is 0 Å². The van der Waals surface area contributed by atoms with Crippen molar-refractivity contribution in [2.24, 2.45) is 0 Å². The molecule has 1 atom stereocenters. The molecule has 0 aliphatic rings. The predicted octanol–water partition coefficient (Wildman–Crippen LogP) is 1.86. The maximum Gasteiger partial charge on any atom is 0.162 e. The van der Waals surface area contributed by atoms with E-state index in [0.29, 0.717) is 17.2 Å². The van der Waals surface area contributed by atoms with Crippen LogP contribution >= 0.6 is 0 Å². The lowest BCUT2D eigenvalue weighted by Crippen LogP contribution is -2.16. The molecule has 5 heteroatoms. The predicted molar refractivity (Wildman–Crippen MR) is 73.4 cm³/mol. The minimum absolute atomic E-state index is 0.202. The van der Waals surface area contributed by atoms with Crippen molar-refractivity contribution in [3.8, 4) is 11.5 Å². The molecule has 0 aliphatic carbocycles. The van der Waals surface area contributed by atoms with Gasteiger partial charge in [-0.25, -0.2) is 0 Å². The van der Waals surface area contributed by atoms with E-state index in [1.54, 1.807) is 20.3 Å². The van der Waals surface area contributed by atoms with E-state index in [1.165, 1.54) is 0 Å². The van der Waals surface area contributed by atoms with Gasteiger partial charge in [-0.1, -0.05) is 0 Å². The van der Waals surface area contributed by atoms with Crippen molar-refractivity contribution in [2.75, 3.05) is 31.9 Å². The zero-order valence-corrected chi connectivity index (χ0v) is 11.2. The van der Waals surface area contributed by atoms with Crippen LogP contribution in [0.5, 0.6) is 11.5 Å². The van der Waals surface area contributed by atoms with Gasteiger partial charge in [-0.3, -0.25) is 0 Å². The van der Waals surface area contributed by atoms with Gasteiger partial charge >= 0.3 is 0 Å². The minimum Gasteiger partial charge on any atom is -0.493 e. The molecule has 0 radical (unpaired) electrons. The van der Waals surface area contributed by atoms with Crippen molar-refractivity contribution < 1.29 is 14.6 Å². The first-order valence-corrected chi connectivity index (χ1v) is 6.01. The summed E-state index contributed by atoms with van der Waals surface area (Å²) in [5.41, 5.74) is 7.38. The van der Waals surface area contributed by atoms with Crippen molar-refractivity contribution >= 4 is 11.4 Å². The summed E-state index contributed by atoms with van der Waals surface area (Å²) >= 11 is 0. The van der Waals surface area contributed by atoms with Crippen LogP contribution in [0, 0.1) is 0 Å². The Balaban J connectivity index is 2.82. The quantitative estimate of drug-likeness (QED) is 0.647. The minimum atomic E-state index is 0.202. The van der Waals surface area contributed by atoms with Gasteiger partial charge < -0.3 is 25.6 Å². The number of aliphatic hydroxyl groups excluding tert-OH is 1. The van der Waals surface area contributed by atoms with Gasteiger partial charge in [0.1, 0.15) is 0 Å². The first kappa shape index (κ1) is 14.4. The second-order valence-corrected chi connectivity index (χ2v) is 4.21. The van der Waals surface area contributed by atoms with E-state index in [9.17, 15) is 0 Å². The normalized spacial score (nSPS) is 12.0. The zero-order chi connectivity index (χ0) is 13.5. The highest BCUT2D eigenvalue weighted by molar-refractivity contribution is 5.72. The molecule has 0 saturated carbocycles. The Kier molecular flexibility index (Phi) is 5.58. The van der Waals surface area contributed by atoms with E-state index in [2.05, 4.69) is 5.32 Å². The highest BCUT2D eigenvalue weighted by Gasteiger charge is 2.10. The summed E-state index contributed by atoms with van der Waals surface area (Å²) in [7, 11) is 3.17.